The van der Waals surface area contributed by atoms with Crippen LogP contribution in [0.15, 0.2) is 24.3 Å². The van der Waals surface area contributed by atoms with Gasteiger partial charge in [-0.1, -0.05) is 18.6 Å². The number of amides is 2. The molecular weight excluding hydrogens is 300 g/mol. The molecule has 2 aliphatic heterocycles. The number of carbonyl (C=O) groups excluding carboxylic acids is 1. The second-order valence-electron chi connectivity index (χ2n) is 7.19. The SMILES string of the molecule is CN(C)c1ccccc1NC(=O)N1CCCC1CN1CCCCC1. The zero-order valence-electron chi connectivity index (χ0n) is 15.0. The van der Waals surface area contributed by atoms with Gasteiger partial charge in [-0.2, -0.15) is 0 Å². The second-order valence-corrected chi connectivity index (χ2v) is 7.19. The summed E-state index contributed by atoms with van der Waals surface area (Å²) >= 11 is 0. The lowest BCUT2D eigenvalue weighted by atomic mass is 10.1. The van der Waals surface area contributed by atoms with E-state index >= 15 is 0 Å². The van der Waals surface area contributed by atoms with Crippen LogP contribution in [0.4, 0.5) is 16.2 Å². The van der Waals surface area contributed by atoms with Crippen molar-refractivity contribution in [2.45, 2.75) is 38.1 Å². The Bertz CT molecular complexity index is 554. The molecule has 0 aromatic heterocycles. The molecule has 2 amide bonds. The number of nitrogens with one attached hydrogen (secondary N) is 1. The van der Waals surface area contributed by atoms with Crippen LogP contribution in [-0.4, -0.2) is 62.1 Å². The van der Waals surface area contributed by atoms with Crippen molar-refractivity contribution in [2.75, 3.05) is 50.5 Å². The highest BCUT2D eigenvalue weighted by Crippen LogP contribution is 2.26. The van der Waals surface area contributed by atoms with Crippen molar-refractivity contribution in [1.82, 2.24) is 9.80 Å². The molecule has 1 unspecified atom stereocenters. The summed E-state index contributed by atoms with van der Waals surface area (Å²) in [5.41, 5.74) is 1.92. The lowest BCUT2D eigenvalue weighted by Crippen LogP contribution is -2.46. The number of piperidine rings is 1. The van der Waals surface area contributed by atoms with E-state index < -0.39 is 0 Å². The zero-order valence-corrected chi connectivity index (χ0v) is 15.0. The predicted octanol–water partition coefficient (Wildman–Crippen LogP) is 3.23. The Morgan fingerprint density at radius 3 is 2.62 bits per heavy atom. The molecule has 2 saturated heterocycles. The average molecular weight is 330 g/mol. The van der Waals surface area contributed by atoms with Crippen LogP contribution in [0.25, 0.3) is 0 Å². The summed E-state index contributed by atoms with van der Waals surface area (Å²) in [4.78, 5) is 19.4. The third-order valence-electron chi connectivity index (χ3n) is 5.18. The van der Waals surface area contributed by atoms with Gasteiger partial charge < -0.3 is 20.0 Å². The molecule has 0 saturated carbocycles. The van der Waals surface area contributed by atoms with Crippen LogP contribution in [0.5, 0.6) is 0 Å². The third kappa shape index (κ3) is 4.01. The number of rotatable bonds is 4. The molecule has 5 heteroatoms. The zero-order chi connectivity index (χ0) is 16.9. The van der Waals surface area contributed by atoms with Crippen molar-refractivity contribution < 1.29 is 4.79 Å². The van der Waals surface area contributed by atoms with Crippen LogP contribution in [0.2, 0.25) is 0 Å². The van der Waals surface area contributed by atoms with E-state index in [0.29, 0.717) is 6.04 Å². The van der Waals surface area contributed by atoms with Crippen molar-refractivity contribution in [2.24, 2.45) is 0 Å². The summed E-state index contributed by atoms with van der Waals surface area (Å²) in [5.74, 6) is 0. The molecule has 1 aromatic carbocycles. The van der Waals surface area contributed by atoms with Crippen LogP contribution < -0.4 is 10.2 Å². The molecule has 1 atom stereocenters. The molecule has 2 fully saturated rings. The van der Waals surface area contributed by atoms with E-state index in [-0.39, 0.29) is 6.03 Å². The lowest BCUT2D eigenvalue weighted by molar-refractivity contribution is 0.161. The summed E-state index contributed by atoms with van der Waals surface area (Å²) in [6.45, 7) is 4.28. The average Bonchev–Trinajstić information content (AvgIpc) is 3.04. The van der Waals surface area contributed by atoms with Crippen LogP contribution >= 0.6 is 0 Å². The van der Waals surface area contributed by atoms with E-state index in [4.69, 9.17) is 0 Å². The van der Waals surface area contributed by atoms with Gasteiger partial charge in [0.1, 0.15) is 0 Å². The number of benzene rings is 1. The molecule has 2 aliphatic rings. The van der Waals surface area contributed by atoms with Crippen LogP contribution in [-0.2, 0) is 0 Å². The van der Waals surface area contributed by atoms with E-state index in [9.17, 15) is 4.79 Å². The van der Waals surface area contributed by atoms with Gasteiger partial charge in [-0.05, 0) is 50.9 Å². The number of hydrogen-bond donors (Lipinski definition) is 1. The van der Waals surface area contributed by atoms with E-state index in [1.165, 1.54) is 32.4 Å². The topological polar surface area (TPSA) is 38.8 Å². The van der Waals surface area contributed by atoms with Gasteiger partial charge in [0, 0.05) is 33.2 Å². The highest BCUT2D eigenvalue weighted by atomic mass is 16.2. The Hall–Kier alpha value is -1.75. The molecule has 0 bridgehead atoms. The Kier molecular flexibility index (Phi) is 5.61. The highest BCUT2D eigenvalue weighted by molar-refractivity contribution is 5.93. The third-order valence-corrected chi connectivity index (χ3v) is 5.18. The molecule has 0 aliphatic carbocycles. The van der Waals surface area contributed by atoms with Crippen molar-refractivity contribution in [1.29, 1.82) is 0 Å². The monoisotopic (exact) mass is 330 g/mol. The van der Waals surface area contributed by atoms with Crippen molar-refractivity contribution >= 4 is 17.4 Å². The standard InChI is InChI=1S/C19H30N4O/c1-21(2)18-11-5-4-10-17(18)20-19(24)23-14-8-9-16(23)15-22-12-6-3-7-13-22/h4-5,10-11,16H,3,6-9,12-15H2,1-2H3,(H,20,24). The number of urea groups is 1. The van der Waals surface area contributed by atoms with Gasteiger partial charge in [0.15, 0.2) is 0 Å². The minimum atomic E-state index is 0.0452. The van der Waals surface area contributed by atoms with E-state index in [0.717, 1.165) is 37.3 Å². The molecule has 0 spiro atoms. The molecule has 0 radical (unpaired) electrons. The van der Waals surface area contributed by atoms with Crippen LogP contribution in [0, 0.1) is 0 Å². The first-order chi connectivity index (χ1) is 11.6. The summed E-state index contributed by atoms with van der Waals surface area (Å²) < 4.78 is 0. The number of carbonyl (C=O) groups is 1. The first-order valence-corrected chi connectivity index (χ1v) is 9.21. The maximum absolute atomic E-state index is 12.8. The quantitative estimate of drug-likeness (QED) is 0.921. The van der Waals surface area contributed by atoms with Crippen LogP contribution in [0.1, 0.15) is 32.1 Å². The second kappa shape index (κ2) is 7.88. The van der Waals surface area contributed by atoms with E-state index in [1.54, 1.807) is 0 Å². The number of nitrogens with zero attached hydrogens (tertiary/aromatic N) is 3. The van der Waals surface area contributed by atoms with Gasteiger partial charge in [-0.3, -0.25) is 0 Å². The van der Waals surface area contributed by atoms with Crippen LogP contribution in [0.3, 0.4) is 0 Å². The minimum Gasteiger partial charge on any atom is -0.376 e. The fraction of sp³-hybridized carbons (Fsp3) is 0.632. The lowest BCUT2D eigenvalue weighted by Gasteiger charge is -2.33. The van der Waals surface area contributed by atoms with E-state index in [2.05, 4.69) is 10.2 Å². The Labute approximate surface area is 145 Å². The summed E-state index contributed by atoms with van der Waals surface area (Å²) in [6.07, 6.45) is 6.19. The first-order valence-electron chi connectivity index (χ1n) is 9.21. The maximum atomic E-state index is 12.8. The molecule has 3 rings (SSSR count). The summed E-state index contributed by atoms with van der Waals surface area (Å²) in [7, 11) is 4.00. The van der Waals surface area contributed by atoms with Gasteiger partial charge >= 0.3 is 6.03 Å². The molecular formula is C19H30N4O. The molecule has 24 heavy (non-hydrogen) atoms. The smallest absolute Gasteiger partial charge is 0.322 e. The largest absolute Gasteiger partial charge is 0.376 e. The van der Waals surface area contributed by atoms with Gasteiger partial charge in [-0.15, -0.1) is 0 Å². The Balaban J connectivity index is 1.63. The Morgan fingerprint density at radius 1 is 1.12 bits per heavy atom. The fourth-order valence-electron chi connectivity index (χ4n) is 3.89. The molecule has 132 valence electrons. The van der Waals surface area contributed by atoms with Gasteiger partial charge in [0.2, 0.25) is 0 Å². The van der Waals surface area contributed by atoms with E-state index in [1.807, 2.05) is 48.2 Å². The predicted molar refractivity (Wildman–Crippen MR) is 99.8 cm³/mol. The molecule has 5 nitrogen and oxygen atoms in total. The number of para-hydroxylation sites is 2. The highest BCUT2D eigenvalue weighted by Gasteiger charge is 2.30. The van der Waals surface area contributed by atoms with Gasteiger partial charge in [-0.25, -0.2) is 4.79 Å². The Morgan fingerprint density at radius 2 is 1.88 bits per heavy atom. The summed E-state index contributed by atoms with van der Waals surface area (Å²) in [5, 5.41) is 3.13. The van der Waals surface area contributed by atoms with Gasteiger partial charge in [0.05, 0.1) is 11.4 Å². The molecule has 2 heterocycles. The minimum absolute atomic E-state index is 0.0452. The summed E-state index contributed by atoms with van der Waals surface area (Å²) in [6, 6.07) is 8.38. The normalized spacial score (nSPS) is 21.8. The van der Waals surface area contributed by atoms with Crippen molar-refractivity contribution in [3.8, 4) is 0 Å². The fourth-order valence-corrected chi connectivity index (χ4v) is 3.89. The first kappa shape index (κ1) is 17.1. The molecule has 1 aromatic rings. The van der Waals surface area contributed by atoms with Crippen molar-refractivity contribution in [3.05, 3.63) is 24.3 Å². The van der Waals surface area contributed by atoms with Crippen molar-refractivity contribution in [3.63, 3.8) is 0 Å². The number of likely N-dealkylation sites (tertiary alicyclic amines) is 2. The van der Waals surface area contributed by atoms with Gasteiger partial charge in [0.25, 0.3) is 0 Å². The molecule has 1 N–H and O–H groups in total. The number of anilines is 2. The number of hydrogen-bond acceptors (Lipinski definition) is 3. The maximum Gasteiger partial charge on any atom is 0.322 e.